The third kappa shape index (κ3) is 5.31. The van der Waals surface area contributed by atoms with Crippen LogP contribution < -0.4 is 5.32 Å². The fraction of sp³-hybridized carbons (Fsp3) is 0.667. The van der Waals surface area contributed by atoms with Gasteiger partial charge < -0.3 is 5.32 Å². The molecule has 0 aliphatic heterocycles. The van der Waals surface area contributed by atoms with Crippen molar-refractivity contribution in [2.75, 3.05) is 6.54 Å². The smallest absolute Gasteiger partial charge is 0.0448 e. The summed E-state index contributed by atoms with van der Waals surface area (Å²) in [5.74, 6) is 0. The van der Waals surface area contributed by atoms with Crippen molar-refractivity contribution in [2.24, 2.45) is 5.41 Å². The maximum absolute atomic E-state index is 4.49. The van der Waals surface area contributed by atoms with Crippen LogP contribution in [0.25, 0.3) is 0 Å². The van der Waals surface area contributed by atoms with Gasteiger partial charge in [-0.1, -0.05) is 33.8 Å². The quantitative estimate of drug-likeness (QED) is 0.845. The molecule has 1 unspecified atom stereocenters. The van der Waals surface area contributed by atoms with Crippen LogP contribution in [0.1, 0.15) is 45.4 Å². The minimum absolute atomic E-state index is 0.357. The lowest BCUT2D eigenvalue weighted by molar-refractivity contribution is 0.308. The van der Waals surface area contributed by atoms with Gasteiger partial charge >= 0.3 is 0 Å². The van der Waals surface area contributed by atoms with Gasteiger partial charge in [0.15, 0.2) is 0 Å². The minimum atomic E-state index is 0.357. The van der Waals surface area contributed by atoms with Crippen LogP contribution in [0.2, 0.25) is 0 Å². The zero-order valence-corrected chi connectivity index (χ0v) is 11.9. The molecule has 0 fully saturated rings. The molecule has 17 heavy (non-hydrogen) atoms. The lowest BCUT2D eigenvalue weighted by Crippen LogP contribution is -2.35. The Bertz CT molecular complexity index is 339. The van der Waals surface area contributed by atoms with E-state index < -0.39 is 0 Å². The molecule has 0 bridgehead atoms. The van der Waals surface area contributed by atoms with Gasteiger partial charge in [0, 0.05) is 24.4 Å². The van der Waals surface area contributed by atoms with Gasteiger partial charge in [-0.2, -0.15) is 0 Å². The predicted molar refractivity (Wildman–Crippen MR) is 74.2 cm³/mol. The molecule has 2 nitrogen and oxygen atoms in total. The molecule has 1 atom stereocenters. The fourth-order valence-electron chi connectivity index (χ4n) is 2.21. The van der Waals surface area contributed by atoms with Crippen LogP contribution in [0.15, 0.2) is 18.3 Å². The van der Waals surface area contributed by atoms with Gasteiger partial charge in [0.25, 0.3) is 0 Å². The molecule has 0 aromatic carbocycles. The minimum Gasteiger partial charge on any atom is -0.314 e. The second-order valence-corrected chi connectivity index (χ2v) is 5.99. The van der Waals surface area contributed by atoms with Crippen molar-refractivity contribution in [1.82, 2.24) is 10.3 Å². The molecule has 2 heteroatoms. The number of nitrogens with zero attached hydrogens (tertiary/aromatic N) is 1. The Hall–Kier alpha value is -0.890. The zero-order valence-electron chi connectivity index (χ0n) is 11.9. The summed E-state index contributed by atoms with van der Waals surface area (Å²) in [4.78, 5) is 4.49. The third-order valence-corrected chi connectivity index (χ3v) is 2.91. The SMILES string of the molecule is CCNC(Cc1ncccc1C)CC(C)(C)C. The van der Waals surface area contributed by atoms with E-state index in [1.807, 2.05) is 12.3 Å². The molecule has 0 saturated heterocycles. The van der Waals surface area contributed by atoms with Crippen molar-refractivity contribution >= 4 is 0 Å². The molecule has 0 aliphatic rings. The van der Waals surface area contributed by atoms with Crippen molar-refractivity contribution in [3.8, 4) is 0 Å². The number of pyridine rings is 1. The van der Waals surface area contributed by atoms with Crippen LogP contribution in [0.3, 0.4) is 0 Å². The Morgan fingerprint density at radius 1 is 1.35 bits per heavy atom. The number of rotatable bonds is 5. The average Bonchev–Trinajstić information content (AvgIpc) is 2.19. The summed E-state index contributed by atoms with van der Waals surface area (Å²) >= 11 is 0. The normalized spacial score (nSPS) is 13.7. The molecule has 1 N–H and O–H groups in total. The molecule has 0 saturated carbocycles. The summed E-state index contributed by atoms with van der Waals surface area (Å²) in [5, 5.41) is 3.57. The lowest BCUT2D eigenvalue weighted by atomic mass is 9.86. The first-order chi connectivity index (χ1) is 7.92. The summed E-state index contributed by atoms with van der Waals surface area (Å²) in [6.07, 6.45) is 4.09. The van der Waals surface area contributed by atoms with Gasteiger partial charge in [0.1, 0.15) is 0 Å². The molecule has 1 aromatic rings. The van der Waals surface area contributed by atoms with Crippen LogP contribution in [0.4, 0.5) is 0 Å². The number of likely N-dealkylation sites (N-methyl/N-ethyl adjacent to an activating group) is 1. The Kier molecular flexibility index (Phi) is 5.13. The van der Waals surface area contributed by atoms with E-state index in [2.05, 4.69) is 51.0 Å². The first-order valence-corrected chi connectivity index (χ1v) is 6.56. The Morgan fingerprint density at radius 2 is 2.06 bits per heavy atom. The van der Waals surface area contributed by atoms with E-state index >= 15 is 0 Å². The Balaban J connectivity index is 2.70. The standard InChI is InChI=1S/C15H26N2/c1-6-16-13(11-15(3,4)5)10-14-12(2)8-7-9-17-14/h7-9,13,16H,6,10-11H2,1-5H3. The lowest BCUT2D eigenvalue weighted by Gasteiger charge is -2.26. The van der Waals surface area contributed by atoms with E-state index in [1.54, 1.807) is 0 Å². The first kappa shape index (κ1) is 14.2. The molecule has 0 amide bonds. The number of hydrogen-bond acceptors (Lipinski definition) is 2. The molecule has 1 rings (SSSR count). The second-order valence-electron chi connectivity index (χ2n) is 5.99. The van der Waals surface area contributed by atoms with Crippen LogP contribution in [0, 0.1) is 12.3 Å². The van der Waals surface area contributed by atoms with Gasteiger partial charge in [0.05, 0.1) is 0 Å². The van der Waals surface area contributed by atoms with Gasteiger partial charge in [-0.3, -0.25) is 4.98 Å². The average molecular weight is 234 g/mol. The van der Waals surface area contributed by atoms with E-state index in [-0.39, 0.29) is 0 Å². The molecular formula is C15H26N2. The van der Waals surface area contributed by atoms with Crippen molar-refractivity contribution < 1.29 is 0 Å². The summed E-state index contributed by atoms with van der Waals surface area (Å²) in [6.45, 7) is 12.2. The topological polar surface area (TPSA) is 24.9 Å². The Morgan fingerprint density at radius 3 is 2.59 bits per heavy atom. The van der Waals surface area contributed by atoms with E-state index in [9.17, 15) is 0 Å². The highest BCUT2D eigenvalue weighted by molar-refractivity contribution is 5.18. The van der Waals surface area contributed by atoms with E-state index in [0.29, 0.717) is 11.5 Å². The number of aryl methyl sites for hydroxylation is 1. The summed E-state index contributed by atoms with van der Waals surface area (Å²) in [5.41, 5.74) is 2.88. The molecule has 96 valence electrons. The molecule has 1 heterocycles. The molecule has 1 aromatic heterocycles. The second kappa shape index (κ2) is 6.15. The summed E-state index contributed by atoms with van der Waals surface area (Å²) in [7, 11) is 0. The van der Waals surface area contributed by atoms with Crippen LogP contribution in [-0.2, 0) is 6.42 Å². The summed E-state index contributed by atoms with van der Waals surface area (Å²) < 4.78 is 0. The van der Waals surface area contributed by atoms with Gasteiger partial charge in [-0.15, -0.1) is 0 Å². The van der Waals surface area contributed by atoms with Gasteiger partial charge in [-0.25, -0.2) is 0 Å². The number of nitrogens with one attached hydrogen (secondary N) is 1. The Labute approximate surface area is 106 Å². The van der Waals surface area contributed by atoms with Crippen molar-refractivity contribution in [3.63, 3.8) is 0 Å². The highest BCUT2D eigenvalue weighted by atomic mass is 14.9. The number of hydrogen-bond donors (Lipinski definition) is 1. The van der Waals surface area contributed by atoms with Gasteiger partial charge in [-0.05, 0) is 36.9 Å². The molecular weight excluding hydrogens is 208 g/mol. The first-order valence-electron chi connectivity index (χ1n) is 6.56. The maximum atomic E-state index is 4.49. The van der Waals surface area contributed by atoms with Crippen molar-refractivity contribution in [2.45, 2.75) is 53.5 Å². The van der Waals surface area contributed by atoms with E-state index in [4.69, 9.17) is 0 Å². The van der Waals surface area contributed by atoms with Crippen LogP contribution >= 0.6 is 0 Å². The maximum Gasteiger partial charge on any atom is 0.0448 e. The molecule has 0 spiro atoms. The monoisotopic (exact) mass is 234 g/mol. The number of aromatic nitrogens is 1. The van der Waals surface area contributed by atoms with Crippen LogP contribution in [0.5, 0.6) is 0 Å². The largest absolute Gasteiger partial charge is 0.314 e. The van der Waals surface area contributed by atoms with Gasteiger partial charge in [0.2, 0.25) is 0 Å². The molecule has 0 aliphatic carbocycles. The predicted octanol–water partition coefficient (Wildman–Crippen LogP) is 3.35. The fourth-order valence-corrected chi connectivity index (χ4v) is 2.21. The zero-order chi connectivity index (χ0) is 12.9. The summed E-state index contributed by atoms with van der Waals surface area (Å²) in [6, 6.07) is 4.67. The van der Waals surface area contributed by atoms with E-state index in [1.165, 1.54) is 17.7 Å². The molecule has 0 radical (unpaired) electrons. The van der Waals surface area contributed by atoms with Crippen molar-refractivity contribution in [1.29, 1.82) is 0 Å². The third-order valence-electron chi connectivity index (χ3n) is 2.91. The highest BCUT2D eigenvalue weighted by Gasteiger charge is 2.19. The van der Waals surface area contributed by atoms with Crippen molar-refractivity contribution in [3.05, 3.63) is 29.6 Å². The van der Waals surface area contributed by atoms with Crippen LogP contribution in [-0.4, -0.2) is 17.6 Å². The van der Waals surface area contributed by atoms with E-state index in [0.717, 1.165) is 13.0 Å². The highest BCUT2D eigenvalue weighted by Crippen LogP contribution is 2.22.